The third-order valence-electron chi connectivity index (χ3n) is 7.06. The van der Waals surface area contributed by atoms with Crippen LogP contribution in [-0.2, 0) is 19.6 Å². The highest BCUT2D eigenvalue weighted by Gasteiger charge is 2.69. The van der Waals surface area contributed by atoms with Crippen LogP contribution in [-0.4, -0.2) is 49.9 Å². The molecule has 2 aromatic heterocycles. The molecule has 0 saturated heterocycles. The molecule has 0 fully saturated rings. The molecule has 32 heavy (non-hydrogen) atoms. The molecule has 164 valence electrons. The zero-order chi connectivity index (χ0) is 23.6. The van der Waals surface area contributed by atoms with Crippen molar-refractivity contribution in [3.8, 4) is 12.1 Å². The van der Waals surface area contributed by atoms with Crippen LogP contribution in [0.25, 0.3) is 0 Å². The van der Waals surface area contributed by atoms with Crippen molar-refractivity contribution in [3.63, 3.8) is 0 Å². The van der Waals surface area contributed by atoms with Crippen LogP contribution in [0.3, 0.4) is 0 Å². The second-order valence-electron chi connectivity index (χ2n) is 9.36. The fourth-order valence-corrected chi connectivity index (χ4v) is 5.83. The molecule has 0 aliphatic carbocycles. The predicted octanol–water partition coefficient (Wildman–Crippen LogP) is 3.10. The number of aromatic nitrogens is 2. The summed E-state index contributed by atoms with van der Waals surface area (Å²) in [6.45, 7) is 5.83. The number of carbonyl (C=O) groups is 1. The molecule has 2 aliphatic rings. The van der Waals surface area contributed by atoms with Crippen molar-refractivity contribution in [1.82, 2.24) is 18.9 Å². The largest absolute Gasteiger partial charge is 0.378 e. The lowest BCUT2D eigenvalue weighted by atomic mass is 9.85. The molecule has 7 nitrogen and oxygen atoms in total. The van der Waals surface area contributed by atoms with E-state index < -0.39 is 16.6 Å². The van der Waals surface area contributed by atoms with Crippen LogP contribution in [0.5, 0.6) is 0 Å². The lowest BCUT2D eigenvalue weighted by molar-refractivity contribution is 0.0542. The van der Waals surface area contributed by atoms with Gasteiger partial charge in [-0.1, -0.05) is 0 Å². The molecule has 4 rings (SSSR count). The molecule has 1 unspecified atom stereocenters. The van der Waals surface area contributed by atoms with Crippen LogP contribution in [0.4, 0.5) is 0 Å². The van der Waals surface area contributed by atoms with E-state index in [0.29, 0.717) is 17.0 Å². The summed E-state index contributed by atoms with van der Waals surface area (Å²) >= 11 is 0. The number of Topliss-reactive ketones (excluding diaryl/α,β-unsaturated/α-hetero) is 1. The predicted molar refractivity (Wildman–Crippen MR) is 121 cm³/mol. The molecule has 0 saturated carbocycles. The topological polar surface area (TPSA) is 81.0 Å². The van der Waals surface area contributed by atoms with E-state index in [0.717, 1.165) is 11.3 Å². The standard InChI is InChI=1S/C25H28N6O/c1-17-22(28(4)5)24(15-26,16-27)31-23(2,3)18(21(32)19-10-8-12-29(19)6)14-25(17,31)20-11-9-13-30(20)7/h8-14H,1-7H3. The molecule has 2 aromatic rings. The number of ketones is 1. The first kappa shape index (κ1) is 21.7. The summed E-state index contributed by atoms with van der Waals surface area (Å²) < 4.78 is 3.80. The fourth-order valence-electron chi connectivity index (χ4n) is 5.83. The third kappa shape index (κ3) is 2.35. The lowest BCUT2D eigenvalue weighted by Gasteiger charge is -2.46. The van der Waals surface area contributed by atoms with Gasteiger partial charge in [-0.2, -0.15) is 10.5 Å². The van der Waals surface area contributed by atoms with Crippen molar-refractivity contribution in [2.45, 2.75) is 37.4 Å². The first-order chi connectivity index (χ1) is 15.0. The van der Waals surface area contributed by atoms with Crippen molar-refractivity contribution in [2.75, 3.05) is 14.1 Å². The van der Waals surface area contributed by atoms with Gasteiger partial charge in [-0.25, -0.2) is 4.90 Å². The molecule has 4 heterocycles. The molecule has 0 amide bonds. The Kier molecular flexibility index (Phi) is 4.55. The Morgan fingerprint density at radius 2 is 1.62 bits per heavy atom. The van der Waals surface area contributed by atoms with Crippen LogP contribution < -0.4 is 0 Å². The van der Waals surface area contributed by atoms with Gasteiger partial charge in [-0.15, -0.1) is 0 Å². The van der Waals surface area contributed by atoms with Crippen LogP contribution in [0.2, 0.25) is 0 Å². The van der Waals surface area contributed by atoms with Crippen molar-refractivity contribution < 1.29 is 4.79 Å². The number of nitrogens with zero attached hydrogens (tertiary/aromatic N) is 6. The quantitative estimate of drug-likeness (QED) is 0.699. The summed E-state index contributed by atoms with van der Waals surface area (Å²) in [5.41, 5.74) is 0.208. The SMILES string of the molecule is CC1=C(N(C)C)C(C#N)(C#N)N2C(C)(C)C(C(=O)c3cccn3C)=CC12c1cccn1C. The van der Waals surface area contributed by atoms with E-state index in [1.165, 1.54) is 0 Å². The van der Waals surface area contributed by atoms with E-state index in [1.807, 2.05) is 100.0 Å². The van der Waals surface area contributed by atoms with Gasteiger partial charge in [0.25, 0.3) is 0 Å². The molecular formula is C25H28N6O. The van der Waals surface area contributed by atoms with E-state index in [4.69, 9.17) is 0 Å². The Bertz CT molecular complexity index is 1260. The van der Waals surface area contributed by atoms with Crippen LogP contribution in [0.1, 0.15) is 37.0 Å². The summed E-state index contributed by atoms with van der Waals surface area (Å²) in [5, 5.41) is 20.9. The lowest BCUT2D eigenvalue weighted by Crippen LogP contribution is -2.60. The highest BCUT2D eigenvalue weighted by atomic mass is 16.1. The Morgan fingerprint density at radius 1 is 1.03 bits per heavy atom. The number of rotatable bonds is 4. The number of aryl methyl sites for hydroxylation is 2. The van der Waals surface area contributed by atoms with Crippen molar-refractivity contribution in [1.29, 1.82) is 10.5 Å². The molecule has 0 aromatic carbocycles. The minimum Gasteiger partial charge on any atom is -0.378 e. The molecule has 0 N–H and O–H groups in total. The number of nitriles is 2. The Hall–Kier alpha value is -3.55. The summed E-state index contributed by atoms with van der Waals surface area (Å²) in [6, 6.07) is 12.3. The van der Waals surface area contributed by atoms with Gasteiger partial charge in [0.05, 0.1) is 11.4 Å². The second kappa shape index (κ2) is 6.72. The van der Waals surface area contributed by atoms with Gasteiger partial charge in [0, 0.05) is 57.4 Å². The number of hydrogen-bond donors (Lipinski definition) is 0. The average molecular weight is 429 g/mol. The number of fused-ring (bicyclic) bond motifs is 1. The maximum absolute atomic E-state index is 13.8. The van der Waals surface area contributed by atoms with Gasteiger partial charge in [0.2, 0.25) is 11.3 Å². The molecule has 0 spiro atoms. The summed E-state index contributed by atoms with van der Waals surface area (Å²) in [6.07, 6.45) is 5.77. The van der Waals surface area contributed by atoms with Crippen LogP contribution in [0.15, 0.2) is 59.6 Å². The highest BCUT2D eigenvalue weighted by molar-refractivity contribution is 6.10. The normalized spacial score (nSPS) is 23.5. The summed E-state index contributed by atoms with van der Waals surface area (Å²) in [7, 11) is 7.50. The van der Waals surface area contributed by atoms with Gasteiger partial charge < -0.3 is 14.0 Å². The Morgan fingerprint density at radius 3 is 2.09 bits per heavy atom. The van der Waals surface area contributed by atoms with E-state index in [-0.39, 0.29) is 5.78 Å². The number of carbonyl (C=O) groups excluding carboxylic acids is 1. The maximum atomic E-state index is 13.8. The average Bonchev–Trinajstić information content (AvgIpc) is 3.45. The number of likely N-dealkylation sites (N-methyl/N-ethyl adjacent to an activating group) is 1. The number of hydrogen-bond acceptors (Lipinski definition) is 5. The Labute approximate surface area is 189 Å². The monoisotopic (exact) mass is 428 g/mol. The molecular weight excluding hydrogens is 400 g/mol. The first-order valence-corrected chi connectivity index (χ1v) is 10.5. The highest BCUT2D eigenvalue weighted by Crippen LogP contribution is 2.61. The van der Waals surface area contributed by atoms with E-state index >= 15 is 0 Å². The summed E-state index contributed by atoms with van der Waals surface area (Å²) in [5.74, 6) is -0.102. The Balaban J connectivity index is 2.12. The summed E-state index contributed by atoms with van der Waals surface area (Å²) in [4.78, 5) is 17.6. The van der Waals surface area contributed by atoms with Gasteiger partial charge in [0.15, 0.2) is 0 Å². The minimum atomic E-state index is -1.56. The molecule has 0 radical (unpaired) electrons. The van der Waals surface area contributed by atoms with Crippen LogP contribution >= 0.6 is 0 Å². The van der Waals surface area contributed by atoms with E-state index in [2.05, 4.69) is 12.1 Å². The molecule has 7 heteroatoms. The van der Waals surface area contributed by atoms with Gasteiger partial charge in [0.1, 0.15) is 17.7 Å². The fraction of sp³-hybridized carbons (Fsp3) is 0.400. The van der Waals surface area contributed by atoms with Crippen molar-refractivity contribution in [2.24, 2.45) is 14.1 Å². The third-order valence-corrected chi connectivity index (χ3v) is 7.06. The zero-order valence-corrected chi connectivity index (χ0v) is 19.6. The van der Waals surface area contributed by atoms with Gasteiger partial charge >= 0.3 is 0 Å². The van der Waals surface area contributed by atoms with Gasteiger partial charge in [-0.05, 0) is 56.7 Å². The van der Waals surface area contributed by atoms with E-state index in [9.17, 15) is 15.3 Å². The smallest absolute Gasteiger partial charge is 0.238 e. The van der Waals surface area contributed by atoms with E-state index in [1.54, 1.807) is 10.6 Å². The molecule has 0 bridgehead atoms. The molecule has 1 atom stereocenters. The van der Waals surface area contributed by atoms with Gasteiger partial charge in [-0.3, -0.25) is 4.79 Å². The first-order valence-electron chi connectivity index (χ1n) is 10.5. The zero-order valence-electron chi connectivity index (χ0n) is 19.6. The van der Waals surface area contributed by atoms with Crippen molar-refractivity contribution in [3.05, 3.63) is 71.0 Å². The molecule has 2 aliphatic heterocycles. The minimum absolute atomic E-state index is 0.102. The van der Waals surface area contributed by atoms with Crippen LogP contribution in [0, 0.1) is 22.7 Å². The van der Waals surface area contributed by atoms with Crippen molar-refractivity contribution >= 4 is 5.78 Å². The second-order valence-corrected chi connectivity index (χ2v) is 9.36. The maximum Gasteiger partial charge on any atom is 0.238 e.